The Kier molecular flexibility index (Phi) is 3.35. The lowest BCUT2D eigenvalue weighted by atomic mass is 9.97. The van der Waals surface area contributed by atoms with Gasteiger partial charge in [0.1, 0.15) is 0 Å². The molecule has 1 aromatic heterocycles. The van der Waals surface area contributed by atoms with Crippen molar-refractivity contribution in [1.82, 2.24) is 0 Å². The predicted octanol–water partition coefficient (Wildman–Crippen LogP) is 5.10. The van der Waals surface area contributed by atoms with Gasteiger partial charge < -0.3 is 0 Å². The first-order chi connectivity index (χ1) is 9.61. The second-order valence-corrected chi connectivity index (χ2v) is 6.54. The second kappa shape index (κ2) is 5.02. The first-order valence-electron chi connectivity index (χ1n) is 7.10. The molecule has 0 spiro atoms. The molecule has 0 radical (unpaired) electrons. The Morgan fingerprint density at radius 1 is 1.10 bits per heavy atom. The molecule has 1 heterocycles. The molecule has 0 unspecified atom stereocenters. The molecule has 0 saturated heterocycles. The van der Waals surface area contributed by atoms with Crippen molar-refractivity contribution >= 4 is 31.5 Å². The van der Waals surface area contributed by atoms with Gasteiger partial charge in [-0.15, -0.1) is 11.3 Å². The molecule has 0 saturated carbocycles. The highest BCUT2D eigenvalue weighted by Gasteiger charge is 2.11. The first-order valence-corrected chi connectivity index (χ1v) is 7.91. The van der Waals surface area contributed by atoms with Crippen LogP contribution in [0.4, 0.5) is 0 Å². The third kappa shape index (κ3) is 2.04. The second-order valence-electron chi connectivity index (χ2n) is 5.49. The van der Waals surface area contributed by atoms with Gasteiger partial charge in [0.2, 0.25) is 0 Å². The van der Waals surface area contributed by atoms with E-state index in [-0.39, 0.29) is 5.43 Å². The summed E-state index contributed by atoms with van der Waals surface area (Å²) >= 11 is 1.74. The van der Waals surface area contributed by atoms with Gasteiger partial charge in [-0.25, -0.2) is 0 Å². The van der Waals surface area contributed by atoms with Gasteiger partial charge in [0.05, 0.1) is 0 Å². The summed E-state index contributed by atoms with van der Waals surface area (Å²) in [4.78, 5) is 12.7. The van der Waals surface area contributed by atoms with Crippen LogP contribution >= 0.6 is 11.3 Å². The Hall–Kier alpha value is -1.67. The Morgan fingerprint density at radius 2 is 1.85 bits per heavy atom. The molecule has 20 heavy (non-hydrogen) atoms. The van der Waals surface area contributed by atoms with E-state index in [4.69, 9.17) is 0 Å². The van der Waals surface area contributed by atoms with E-state index < -0.39 is 0 Å². The smallest absolute Gasteiger partial charge is 0.195 e. The predicted molar refractivity (Wildman–Crippen MR) is 89.1 cm³/mol. The Morgan fingerprint density at radius 3 is 2.55 bits per heavy atom. The van der Waals surface area contributed by atoms with E-state index in [1.54, 1.807) is 11.3 Å². The van der Waals surface area contributed by atoms with Crippen LogP contribution in [0, 0.1) is 0 Å². The van der Waals surface area contributed by atoms with Crippen LogP contribution in [0.3, 0.4) is 0 Å². The molecule has 3 rings (SSSR count). The first kappa shape index (κ1) is 13.3. The van der Waals surface area contributed by atoms with Gasteiger partial charge in [-0.05, 0) is 41.7 Å². The highest BCUT2D eigenvalue weighted by atomic mass is 32.1. The minimum absolute atomic E-state index is 0.173. The number of benzene rings is 2. The summed E-state index contributed by atoms with van der Waals surface area (Å²) in [5, 5.41) is 1.73. The maximum Gasteiger partial charge on any atom is 0.195 e. The average molecular weight is 282 g/mol. The Labute approximate surface area is 122 Å². The highest BCUT2D eigenvalue weighted by molar-refractivity contribution is 7.24. The van der Waals surface area contributed by atoms with Gasteiger partial charge in [0.25, 0.3) is 0 Å². The third-order valence-electron chi connectivity index (χ3n) is 3.82. The van der Waals surface area contributed by atoms with Crippen molar-refractivity contribution in [3.8, 4) is 0 Å². The molecule has 0 bridgehead atoms. The molecule has 0 aliphatic rings. The standard InChI is InChI=1S/C18H18OS/c1-4-12-9-13(11(2)3)10-15-17(19)14-7-5-6-8-16(14)20-18(12)15/h5-11H,4H2,1-3H3. The number of hydrogen-bond donors (Lipinski definition) is 0. The lowest BCUT2D eigenvalue weighted by Gasteiger charge is -2.11. The highest BCUT2D eigenvalue weighted by Crippen LogP contribution is 2.30. The van der Waals surface area contributed by atoms with Crippen LogP contribution in [-0.2, 0) is 6.42 Å². The minimum Gasteiger partial charge on any atom is -0.289 e. The molecule has 1 nitrogen and oxygen atoms in total. The van der Waals surface area contributed by atoms with Crippen LogP contribution in [0.1, 0.15) is 37.8 Å². The fraction of sp³-hybridized carbons (Fsp3) is 0.278. The SMILES string of the molecule is CCc1cc(C(C)C)cc2c(=O)c3ccccc3sc12. The zero-order valence-electron chi connectivity index (χ0n) is 12.1. The summed E-state index contributed by atoms with van der Waals surface area (Å²) in [6.45, 7) is 6.51. The van der Waals surface area contributed by atoms with Crippen molar-refractivity contribution in [2.75, 3.05) is 0 Å². The van der Waals surface area contributed by atoms with E-state index in [9.17, 15) is 4.79 Å². The zero-order chi connectivity index (χ0) is 14.3. The number of fused-ring (bicyclic) bond motifs is 2. The van der Waals surface area contributed by atoms with E-state index >= 15 is 0 Å². The molecular formula is C18H18OS. The molecule has 3 aromatic rings. The zero-order valence-corrected chi connectivity index (χ0v) is 12.9. The van der Waals surface area contributed by atoms with E-state index in [0.29, 0.717) is 5.92 Å². The van der Waals surface area contributed by atoms with E-state index in [0.717, 1.165) is 26.6 Å². The van der Waals surface area contributed by atoms with Gasteiger partial charge in [-0.1, -0.05) is 39.0 Å². The maximum atomic E-state index is 12.7. The lowest BCUT2D eigenvalue weighted by Crippen LogP contribution is -2.03. The Balaban J connectivity index is 2.51. The monoisotopic (exact) mass is 282 g/mol. The topological polar surface area (TPSA) is 17.1 Å². The molecule has 0 atom stereocenters. The van der Waals surface area contributed by atoms with Crippen LogP contribution in [0.2, 0.25) is 0 Å². The van der Waals surface area contributed by atoms with Crippen LogP contribution in [0.25, 0.3) is 20.2 Å². The van der Waals surface area contributed by atoms with E-state index in [1.807, 2.05) is 24.3 Å². The molecule has 0 amide bonds. The quantitative estimate of drug-likeness (QED) is 0.598. The summed E-state index contributed by atoms with van der Waals surface area (Å²) in [5.74, 6) is 0.445. The summed E-state index contributed by atoms with van der Waals surface area (Å²) in [5.41, 5.74) is 2.72. The molecule has 0 aliphatic heterocycles. The molecule has 2 aromatic carbocycles. The molecule has 0 aliphatic carbocycles. The fourth-order valence-electron chi connectivity index (χ4n) is 2.60. The largest absolute Gasteiger partial charge is 0.289 e. The van der Waals surface area contributed by atoms with Crippen molar-refractivity contribution in [1.29, 1.82) is 0 Å². The summed E-state index contributed by atoms with van der Waals surface area (Å²) in [6, 6.07) is 12.3. The molecule has 102 valence electrons. The van der Waals surface area contributed by atoms with Crippen molar-refractivity contribution in [3.05, 3.63) is 57.7 Å². The van der Waals surface area contributed by atoms with E-state index in [1.165, 1.54) is 11.1 Å². The maximum absolute atomic E-state index is 12.7. The lowest BCUT2D eigenvalue weighted by molar-refractivity contribution is 0.865. The van der Waals surface area contributed by atoms with E-state index in [2.05, 4.69) is 32.9 Å². The molecule has 0 N–H and O–H groups in total. The number of aryl methyl sites for hydroxylation is 1. The molecule has 2 heteroatoms. The van der Waals surface area contributed by atoms with Crippen molar-refractivity contribution in [2.45, 2.75) is 33.1 Å². The minimum atomic E-state index is 0.173. The summed E-state index contributed by atoms with van der Waals surface area (Å²) < 4.78 is 2.23. The van der Waals surface area contributed by atoms with Crippen LogP contribution in [0.15, 0.2) is 41.2 Å². The van der Waals surface area contributed by atoms with Gasteiger partial charge in [0, 0.05) is 20.2 Å². The van der Waals surface area contributed by atoms with Gasteiger partial charge in [-0.2, -0.15) is 0 Å². The van der Waals surface area contributed by atoms with Crippen LogP contribution < -0.4 is 5.43 Å². The molecule has 0 fully saturated rings. The third-order valence-corrected chi connectivity index (χ3v) is 5.09. The van der Waals surface area contributed by atoms with Crippen molar-refractivity contribution < 1.29 is 0 Å². The van der Waals surface area contributed by atoms with Crippen molar-refractivity contribution in [3.63, 3.8) is 0 Å². The van der Waals surface area contributed by atoms with Gasteiger partial charge >= 0.3 is 0 Å². The van der Waals surface area contributed by atoms with Gasteiger partial charge in [0.15, 0.2) is 5.43 Å². The normalized spacial score (nSPS) is 11.6. The van der Waals surface area contributed by atoms with Gasteiger partial charge in [-0.3, -0.25) is 4.79 Å². The van der Waals surface area contributed by atoms with Crippen LogP contribution in [-0.4, -0.2) is 0 Å². The number of hydrogen-bond acceptors (Lipinski definition) is 2. The number of rotatable bonds is 2. The fourth-order valence-corrected chi connectivity index (χ4v) is 3.83. The summed E-state index contributed by atoms with van der Waals surface area (Å²) in [6.07, 6.45) is 0.964. The van der Waals surface area contributed by atoms with Crippen LogP contribution in [0.5, 0.6) is 0 Å². The average Bonchev–Trinajstić information content (AvgIpc) is 2.46. The molecular weight excluding hydrogens is 264 g/mol. The Bertz CT molecular complexity index is 843. The van der Waals surface area contributed by atoms with Crippen molar-refractivity contribution in [2.24, 2.45) is 0 Å². The summed E-state index contributed by atoms with van der Waals surface area (Å²) in [7, 11) is 0.